The van der Waals surface area contributed by atoms with E-state index in [4.69, 9.17) is 16.3 Å². The number of halogens is 1. The predicted molar refractivity (Wildman–Crippen MR) is 100 cm³/mol. The highest BCUT2D eigenvalue weighted by atomic mass is 35.5. The quantitative estimate of drug-likeness (QED) is 0.803. The van der Waals surface area contributed by atoms with E-state index in [1.54, 1.807) is 12.1 Å². The first-order chi connectivity index (χ1) is 12.2. The molecular weight excluding hydrogens is 358 g/mol. The molecule has 1 amide bonds. The van der Waals surface area contributed by atoms with Gasteiger partial charge in [0, 0.05) is 29.5 Å². The van der Waals surface area contributed by atoms with Crippen LogP contribution in [0.3, 0.4) is 0 Å². The van der Waals surface area contributed by atoms with Crippen LogP contribution in [0, 0.1) is 0 Å². The Morgan fingerprint density at radius 1 is 1.44 bits per heavy atom. The average Bonchev–Trinajstić information content (AvgIpc) is 3.24. The van der Waals surface area contributed by atoms with Crippen molar-refractivity contribution >= 4 is 28.8 Å². The third-order valence-corrected chi connectivity index (χ3v) is 5.37. The van der Waals surface area contributed by atoms with Gasteiger partial charge in [-0.2, -0.15) is 0 Å². The molecule has 0 saturated carbocycles. The lowest BCUT2D eigenvalue weighted by Crippen LogP contribution is -2.41. The Morgan fingerprint density at radius 3 is 3.00 bits per heavy atom. The molecule has 25 heavy (non-hydrogen) atoms. The molecule has 1 fully saturated rings. The molecule has 1 aliphatic heterocycles. The Kier molecular flexibility index (Phi) is 6.29. The minimum atomic E-state index is 0.160. The van der Waals surface area contributed by atoms with Gasteiger partial charge in [0.1, 0.15) is 17.4 Å². The van der Waals surface area contributed by atoms with E-state index in [2.05, 4.69) is 10.3 Å². The molecule has 7 heteroatoms. The molecule has 1 atom stereocenters. The van der Waals surface area contributed by atoms with Gasteiger partial charge in [-0.3, -0.25) is 4.79 Å². The molecule has 1 unspecified atom stereocenters. The van der Waals surface area contributed by atoms with E-state index in [1.165, 1.54) is 11.3 Å². The highest BCUT2D eigenvalue weighted by Gasteiger charge is 2.28. The van der Waals surface area contributed by atoms with Crippen LogP contribution in [0.2, 0.25) is 5.02 Å². The van der Waals surface area contributed by atoms with Gasteiger partial charge in [0.2, 0.25) is 5.91 Å². The fourth-order valence-corrected chi connectivity index (χ4v) is 3.87. The molecule has 3 rings (SSSR count). The minimum absolute atomic E-state index is 0.160. The molecule has 1 aromatic carbocycles. The lowest BCUT2D eigenvalue weighted by atomic mass is 10.2. The summed E-state index contributed by atoms with van der Waals surface area (Å²) in [5.41, 5.74) is 0.819. The number of benzene rings is 1. The molecule has 2 heterocycles. The van der Waals surface area contributed by atoms with E-state index < -0.39 is 0 Å². The second-order valence-electron chi connectivity index (χ2n) is 6.09. The van der Waals surface area contributed by atoms with E-state index in [0.717, 1.165) is 42.4 Å². The van der Waals surface area contributed by atoms with Crippen molar-refractivity contribution in [2.75, 3.05) is 20.1 Å². The number of ether oxygens (including phenoxy) is 1. The Labute approximate surface area is 157 Å². The second-order valence-corrected chi connectivity index (χ2v) is 7.47. The summed E-state index contributed by atoms with van der Waals surface area (Å²) in [5, 5.41) is 6.66. The molecule has 0 bridgehead atoms. The van der Waals surface area contributed by atoms with Gasteiger partial charge in [-0.15, -0.1) is 11.3 Å². The number of rotatable bonds is 7. The summed E-state index contributed by atoms with van der Waals surface area (Å²) in [6, 6.07) is 7.55. The topological polar surface area (TPSA) is 54.5 Å². The van der Waals surface area contributed by atoms with Gasteiger partial charge in [0.25, 0.3) is 0 Å². The average molecular weight is 380 g/mol. The minimum Gasteiger partial charge on any atom is -0.486 e. The molecule has 5 nitrogen and oxygen atoms in total. The lowest BCUT2D eigenvalue weighted by Gasteiger charge is -2.24. The van der Waals surface area contributed by atoms with E-state index in [0.29, 0.717) is 24.1 Å². The SMILES string of the molecule is CNCC1CCCN1C(=O)Cc1csc(COc2ccc(Cl)cc2)n1. The molecule has 2 aromatic rings. The zero-order valence-corrected chi connectivity index (χ0v) is 15.8. The fraction of sp³-hybridized carbons (Fsp3) is 0.444. The maximum Gasteiger partial charge on any atom is 0.228 e. The zero-order valence-electron chi connectivity index (χ0n) is 14.2. The molecule has 134 valence electrons. The monoisotopic (exact) mass is 379 g/mol. The van der Waals surface area contributed by atoms with Crippen LogP contribution in [-0.2, 0) is 17.8 Å². The zero-order chi connectivity index (χ0) is 17.6. The summed E-state index contributed by atoms with van der Waals surface area (Å²) < 4.78 is 5.70. The van der Waals surface area contributed by atoms with Gasteiger partial charge < -0.3 is 15.0 Å². The van der Waals surface area contributed by atoms with Crippen molar-refractivity contribution in [2.24, 2.45) is 0 Å². The van der Waals surface area contributed by atoms with Crippen LogP contribution < -0.4 is 10.1 Å². The smallest absolute Gasteiger partial charge is 0.228 e. The molecule has 0 spiro atoms. The summed E-state index contributed by atoms with van der Waals surface area (Å²) in [5.74, 6) is 0.914. The first kappa shape index (κ1) is 18.2. The third-order valence-electron chi connectivity index (χ3n) is 4.24. The van der Waals surface area contributed by atoms with Crippen LogP contribution >= 0.6 is 22.9 Å². The molecule has 0 radical (unpaired) electrons. The van der Waals surface area contributed by atoms with Crippen LogP contribution in [0.15, 0.2) is 29.6 Å². The second kappa shape index (κ2) is 8.65. The normalized spacial score (nSPS) is 17.0. The number of thiazole rings is 1. The number of carbonyl (C=O) groups excluding carboxylic acids is 1. The van der Waals surface area contributed by atoms with Crippen molar-refractivity contribution in [3.05, 3.63) is 45.4 Å². The summed E-state index contributed by atoms with van der Waals surface area (Å²) in [4.78, 5) is 19.1. The van der Waals surface area contributed by atoms with E-state index in [-0.39, 0.29) is 5.91 Å². The van der Waals surface area contributed by atoms with Crippen molar-refractivity contribution in [1.29, 1.82) is 0 Å². The van der Waals surface area contributed by atoms with Gasteiger partial charge >= 0.3 is 0 Å². The summed E-state index contributed by atoms with van der Waals surface area (Å²) in [6.07, 6.45) is 2.51. The Hall–Kier alpha value is -1.63. The summed E-state index contributed by atoms with van der Waals surface area (Å²) in [7, 11) is 1.92. The molecular formula is C18H22ClN3O2S. The van der Waals surface area contributed by atoms with Gasteiger partial charge in [-0.05, 0) is 44.2 Å². The van der Waals surface area contributed by atoms with E-state index in [1.807, 2.05) is 29.5 Å². The van der Waals surface area contributed by atoms with E-state index >= 15 is 0 Å². The van der Waals surface area contributed by atoms with Crippen molar-refractivity contribution in [1.82, 2.24) is 15.2 Å². The van der Waals surface area contributed by atoms with Crippen LogP contribution in [-0.4, -0.2) is 42.0 Å². The lowest BCUT2D eigenvalue weighted by molar-refractivity contribution is -0.131. The number of nitrogens with one attached hydrogen (secondary N) is 1. The Balaban J connectivity index is 1.52. The van der Waals surface area contributed by atoms with Crippen molar-refractivity contribution in [2.45, 2.75) is 31.9 Å². The molecule has 1 saturated heterocycles. The Bertz CT molecular complexity index is 705. The number of hydrogen-bond acceptors (Lipinski definition) is 5. The van der Waals surface area contributed by atoms with E-state index in [9.17, 15) is 4.79 Å². The Morgan fingerprint density at radius 2 is 2.24 bits per heavy atom. The largest absolute Gasteiger partial charge is 0.486 e. The van der Waals surface area contributed by atoms with Gasteiger partial charge in [-0.25, -0.2) is 4.98 Å². The number of likely N-dealkylation sites (tertiary alicyclic amines) is 1. The highest BCUT2D eigenvalue weighted by Crippen LogP contribution is 2.20. The van der Waals surface area contributed by atoms with Crippen LogP contribution in [0.5, 0.6) is 5.75 Å². The fourth-order valence-electron chi connectivity index (χ4n) is 3.04. The first-order valence-electron chi connectivity index (χ1n) is 8.41. The van der Waals surface area contributed by atoms with Gasteiger partial charge in [0.15, 0.2) is 0 Å². The third kappa shape index (κ3) is 4.93. The molecule has 1 aromatic heterocycles. The van der Waals surface area contributed by atoms with Crippen molar-refractivity contribution < 1.29 is 9.53 Å². The number of hydrogen-bond donors (Lipinski definition) is 1. The predicted octanol–water partition coefficient (Wildman–Crippen LogP) is 3.13. The molecule has 0 aliphatic carbocycles. The number of aromatic nitrogens is 1. The van der Waals surface area contributed by atoms with Gasteiger partial charge in [0.05, 0.1) is 12.1 Å². The molecule has 1 N–H and O–H groups in total. The highest BCUT2D eigenvalue weighted by molar-refractivity contribution is 7.09. The van der Waals surface area contributed by atoms with Crippen molar-refractivity contribution in [3.63, 3.8) is 0 Å². The summed E-state index contributed by atoms with van der Waals surface area (Å²) >= 11 is 7.38. The van der Waals surface area contributed by atoms with Crippen LogP contribution in [0.1, 0.15) is 23.5 Å². The summed E-state index contributed by atoms with van der Waals surface area (Å²) in [6.45, 7) is 2.09. The maximum atomic E-state index is 12.5. The van der Waals surface area contributed by atoms with Gasteiger partial charge in [-0.1, -0.05) is 11.6 Å². The maximum absolute atomic E-state index is 12.5. The number of amides is 1. The first-order valence-corrected chi connectivity index (χ1v) is 9.67. The number of likely N-dealkylation sites (N-methyl/N-ethyl adjacent to an activating group) is 1. The standard InChI is InChI=1S/C18H22ClN3O2S/c1-20-10-15-3-2-8-22(15)18(23)9-14-12-25-17(21-14)11-24-16-6-4-13(19)5-7-16/h4-7,12,15,20H,2-3,8-11H2,1H3. The van der Waals surface area contributed by atoms with Crippen LogP contribution in [0.25, 0.3) is 0 Å². The number of nitrogens with zero attached hydrogens (tertiary/aromatic N) is 2. The molecule has 1 aliphatic rings. The van der Waals surface area contributed by atoms with Crippen molar-refractivity contribution in [3.8, 4) is 5.75 Å². The number of carbonyl (C=O) groups is 1. The van der Waals surface area contributed by atoms with Crippen LogP contribution in [0.4, 0.5) is 0 Å².